The maximum absolute atomic E-state index is 9.96. The smallest absolute Gasteiger partial charge is 0.118 e. The van der Waals surface area contributed by atoms with Gasteiger partial charge in [0.1, 0.15) is 5.75 Å². The van der Waals surface area contributed by atoms with E-state index in [2.05, 4.69) is 91.0 Å². The minimum Gasteiger partial charge on any atom is -0.508 e. The van der Waals surface area contributed by atoms with Gasteiger partial charge in [-0.2, -0.15) is 0 Å². The average Bonchev–Trinajstić information content (AvgIpc) is 2.88. The number of hydrogen-bond donors (Lipinski definition) is 1. The summed E-state index contributed by atoms with van der Waals surface area (Å²) in [6.45, 7) is 0. The molecule has 0 atom stereocenters. The Balaban J connectivity index is 1.46. The molecule has 0 unspecified atom stereocenters. The number of rotatable bonds is 11. The molecule has 2 heteroatoms. The molecule has 1 nitrogen and oxygen atoms in total. The molecule has 0 fully saturated rings. The first kappa shape index (κ1) is 23.2. The van der Waals surface area contributed by atoms with Gasteiger partial charge in [-0.05, 0) is 53.3 Å². The van der Waals surface area contributed by atoms with E-state index in [4.69, 9.17) is 0 Å². The fraction of sp³-hybridized carbons (Fsp3) is 0.226. The molecule has 0 amide bonds. The standard InChI is InChI=1S/C31H32OS/c32-30-24-14-13-17-26(30)16-6-1-2-15-25-33-31(27-18-7-3-8-19-27,28-20-9-4-10-21-28)29-22-11-5-12-23-29/h3-5,7-14,17-24,32H,1-2,6,15-16,25H2. The van der Waals surface area contributed by atoms with Gasteiger partial charge in [-0.15, -0.1) is 11.8 Å². The van der Waals surface area contributed by atoms with E-state index in [-0.39, 0.29) is 4.75 Å². The van der Waals surface area contributed by atoms with Crippen molar-refractivity contribution in [3.05, 3.63) is 138 Å². The summed E-state index contributed by atoms with van der Waals surface area (Å²) in [5.74, 6) is 1.52. The number of phenols is 1. The summed E-state index contributed by atoms with van der Waals surface area (Å²) in [6, 6.07) is 40.5. The molecule has 0 radical (unpaired) electrons. The predicted octanol–water partition coefficient (Wildman–Crippen LogP) is 8.22. The lowest BCUT2D eigenvalue weighted by molar-refractivity contribution is 0.466. The Morgan fingerprint density at radius 3 is 1.48 bits per heavy atom. The van der Waals surface area contributed by atoms with Crippen molar-refractivity contribution >= 4 is 11.8 Å². The number of para-hydroxylation sites is 1. The van der Waals surface area contributed by atoms with Crippen molar-refractivity contribution in [2.24, 2.45) is 0 Å². The van der Waals surface area contributed by atoms with E-state index in [0.717, 1.165) is 24.2 Å². The first-order chi connectivity index (χ1) is 16.3. The Bertz CT molecular complexity index is 997. The third kappa shape index (κ3) is 5.69. The molecule has 0 saturated carbocycles. The molecule has 1 N–H and O–H groups in total. The molecule has 33 heavy (non-hydrogen) atoms. The van der Waals surface area contributed by atoms with Crippen LogP contribution in [0.5, 0.6) is 5.75 Å². The molecule has 0 bridgehead atoms. The zero-order valence-corrected chi connectivity index (χ0v) is 19.9. The van der Waals surface area contributed by atoms with Crippen LogP contribution in [0.2, 0.25) is 0 Å². The van der Waals surface area contributed by atoms with Crippen LogP contribution in [-0.4, -0.2) is 10.9 Å². The summed E-state index contributed by atoms with van der Waals surface area (Å²) in [4.78, 5) is 0. The molecule has 0 aliphatic heterocycles. The number of hydrogen-bond acceptors (Lipinski definition) is 2. The first-order valence-corrected chi connectivity index (χ1v) is 12.9. The van der Waals surface area contributed by atoms with E-state index in [1.165, 1.54) is 36.0 Å². The highest BCUT2D eigenvalue weighted by atomic mass is 32.2. The molecule has 4 rings (SSSR count). The number of benzene rings is 4. The maximum atomic E-state index is 9.96. The lowest BCUT2D eigenvalue weighted by Crippen LogP contribution is -2.26. The third-order valence-electron chi connectivity index (χ3n) is 6.19. The highest BCUT2D eigenvalue weighted by molar-refractivity contribution is 8.00. The van der Waals surface area contributed by atoms with Crippen LogP contribution < -0.4 is 0 Å². The largest absolute Gasteiger partial charge is 0.508 e. The normalized spacial score (nSPS) is 11.4. The summed E-state index contributed by atoms with van der Waals surface area (Å²) in [5, 5.41) is 9.96. The monoisotopic (exact) mass is 452 g/mol. The highest BCUT2D eigenvalue weighted by Gasteiger charge is 2.36. The van der Waals surface area contributed by atoms with Gasteiger partial charge in [-0.25, -0.2) is 0 Å². The molecule has 0 aliphatic rings. The molecular formula is C31H32OS. The van der Waals surface area contributed by atoms with Gasteiger partial charge in [0, 0.05) is 0 Å². The Kier molecular flexibility index (Phi) is 8.27. The van der Waals surface area contributed by atoms with E-state index in [1.54, 1.807) is 6.07 Å². The lowest BCUT2D eigenvalue weighted by atomic mass is 9.84. The van der Waals surface area contributed by atoms with Crippen molar-refractivity contribution in [3.8, 4) is 5.75 Å². The summed E-state index contributed by atoms with van der Waals surface area (Å²) in [6.07, 6.45) is 5.63. The molecular weight excluding hydrogens is 420 g/mol. The molecule has 4 aromatic rings. The predicted molar refractivity (Wildman–Crippen MR) is 142 cm³/mol. The number of aryl methyl sites for hydroxylation is 1. The topological polar surface area (TPSA) is 20.2 Å². The quantitative estimate of drug-likeness (QED) is 0.183. The van der Waals surface area contributed by atoms with E-state index in [9.17, 15) is 5.11 Å². The van der Waals surface area contributed by atoms with Gasteiger partial charge in [0.05, 0.1) is 4.75 Å². The van der Waals surface area contributed by atoms with Crippen LogP contribution in [0, 0.1) is 0 Å². The van der Waals surface area contributed by atoms with Crippen molar-refractivity contribution < 1.29 is 5.11 Å². The van der Waals surface area contributed by atoms with Gasteiger partial charge in [0.15, 0.2) is 0 Å². The molecule has 0 spiro atoms. The van der Waals surface area contributed by atoms with Gasteiger partial charge in [0.2, 0.25) is 0 Å². The number of aromatic hydroxyl groups is 1. The van der Waals surface area contributed by atoms with Crippen molar-refractivity contribution in [1.29, 1.82) is 0 Å². The van der Waals surface area contributed by atoms with Gasteiger partial charge >= 0.3 is 0 Å². The molecule has 0 saturated heterocycles. The van der Waals surface area contributed by atoms with Crippen molar-refractivity contribution in [2.75, 3.05) is 5.75 Å². The number of thioether (sulfide) groups is 1. The summed E-state index contributed by atoms with van der Waals surface area (Å²) in [7, 11) is 0. The van der Waals surface area contributed by atoms with E-state index < -0.39 is 0 Å². The fourth-order valence-electron chi connectivity index (χ4n) is 4.49. The minimum absolute atomic E-state index is 0.223. The van der Waals surface area contributed by atoms with Crippen LogP contribution >= 0.6 is 11.8 Å². The van der Waals surface area contributed by atoms with Crippen LogP contribution in [0.25, 0.3) is 0 Å². The van der Waals surface area contributed by atoms with Gasteiger partial charge in [0.25, 0.3) is 0 Å². The van der Waals surface area contributed by atoms with E-state index in [1.807, 2.05) is 30.0 Å². The van der Waals surface area contributed by atoms with Crippen molar-refractivity contribution in [3.63, 3.8) is 0 Å². The Hall–Kier alpha value is -2.97. The SMILES string of the molecule is Oc1ccccc1CCCCCCSC(c1ccccc1)(c1ccccc1)c1ccccc1. The molecule has 4 aromatic carbocycles. The van der Waals surface area contributed by atoms with Crippen LogP contribution in [0.15, 0.2) is 115 Å². The van der Waals surface area contributed by atoms with Crippen LogP contribution in [-0.2, 0) is 11.2 Å². The van der Waals surface area contributed by atoms with E-state index >= 15 is 0 Å². The second-order valence-electron chi connectivity index (χ2n) is 8.42. The van der Waals surface area contributed by atoms with Crippen LogP contribution in [0.3, 0.4) is 0 Å². The van der Waals surface area contributed by atoms with Crippen molar-refractivity contribution in [1.82, 2.24) is 0 Å². The lowest BCUT2D eigenvalue weighted by Gasteiger charge is -2.35. The molecule has 0 aromatic heterocycles. The molecule has 168 valence electrons. The van der Waals surface area contributed by atoms with Crippen LogP contribution in [0.4, 0.5) is 0 Å². The Morgan fingerprint density at radius 1 is 0.515 bits per heavy atom. The van der Waals surface area contributed by atoms with Crippen LogP contribution in [0.1, 0.15) is 47.9 Å². The summed E-state index contributed by atoms with van der Waals surface area (Å²) >= 11 is 2.05. The van der Waals surface area contributed by atoms with Crippen molar-refractivity contribution in [2.45, 2.75) is 36.9 Å². The highest BCUT2D eigenvalue weighted by Crippen LogP contribution is 2.48. The Morgan fingerprint density at radius 2 is 0.970 bits per heavy atom. The third-order valence-corrected chi connectivity index (χ3v) is 7.82. The zero-order valence-electron chi connectivity index (χ0n) is 19.1. The second kappa shape index (κ2) is 11.8. The first-order valence-electron chi connectivity index (χ1n) is 11.9. The average molecular weight is 453 g/mol. The Labute approximate surface area is 202 Å². The molecule has 0 heterocycles. The number of unbranched alkanes of at least 4 members (excludes halogenated alkanes) is 3. The van der Waals surface area contributed by atoms with E-state index in [0.29, 0.717) is 5.75 Å². The fourth-order valence-corrected chi connectivity index (χ4v) is 6.05. The summed E-state index contributed by atoms with van der Waals surface area (Å²) < 4.78 is -0.223. The van der Waals surface area contributed by atoms with Gasteiger partial charge < -0.3 is 5.11 Å². The van der Waals surface area contributed by atoms with Gasteiger partial charge in [-0.1, -0.05) is 122 Å². The number of phenolic OH excluding ortho intramolecular Hbond substituents is 1. The van der Waals surface area contributed by atoms with Gasteiger partial charge in [-0.3, -0.25) is 0 Å². The summed E-state index contributed by atoms with van der Waals surface area (Å²) in [5.41, 5.74) is 5.04. The zero-order chi connectivity index (χ0) is 22.8. The maximum Gasteiger partial charge on any atom is 0.118 e. The second-order valence-corrected chi connectivity index (χ2v) is 9.73. The minimum atomic E-state index is -0.223. The molecule has 0 aliphatic carbocycles.